The largest absolute Gasteiger partial charge is 0.496 e. The second-order valence-electron chi connectivity index (χ2n) is 6.76. The molecule has 0 saturated carbocycles. The predicted molar refractivity (Wildman–Crippen MR) is 90.0 cm³/mol. The average molecular weight is 343 g/mol. The van der Waals surface area contributed by atoms with Crippen molar-refractivity contribution < 1.29 is 23.9 Å². The Morgan fingerprint density at radius 2 is 1.96 bits per heavy atom. The lowest BCUT2D eigenvalue weighted by molar-refractivity contribution is 0.0953. The van der Waals surface area contributed by atoms with Crippen LogP contribution in [0.2, 0.25) is 0 Å². The molecule has 1 aromatic rings. The molecule has 1 amide bonds. The van der Waals surface area contributed by atoms with E-state index in [4.69, 9.17) is 14.5 Å². The number of benzene rings is 1. The van der Waals surface area contributed by atoms with Crippen LogP contribution in [0.1, 0.15) is 43.1 Å². The Hall–Kier alpha value is -1.36. The van der Waals surface area contributed by atoms with Gasteiger partial charge in [0.25, 0.3) is 5.91 Å². The maximum atomic E-state index is 12.1. The van der Waals surface area contributed by atoms with Crippen molar-refractivity contribution in [3.05, 3.63) is 29.3 Å². The van der Waals surface area contributed by atoms with E-state index in [1.165, 1.54) is 0 Å². The molecule has 1 aromatic carbocycles. The van der Waals surface area contributed by atoms with Gasteiger partial charge in [-0.25, -0.2) is 0 Å². The maximum absolute atomic E-state index is 12.1. The Morgan fingerprint density at radius 1 is 1.30 bits per heavy atom. The molecule has 7 heteroatoms. The van der Waals surface area contributed by atoms with Crippen molar-refractivity contribution in [3.63, 3.8) is 0 Å². The summed E-state index contributed by atoms with van der Waals surface area (Å²) in [4.78, 5) is 29.7. The third-order valence-corrected chi connectivity index (χ3v) is 4.07. The number of rotatable bonds is 7. The molecule has 0 spiro atoms. The molecular weight excluding hydrogens is 317 g/mol. The monoisotopic (exact) mass is 343 g/mol. The zero-order chi connectivity index (χ0) is 17.7. The quantitative estimate of drug-likeness (QED) is 0.522. The Labute approximate surface area is 137 Å². The lowest BCUT2D eigenvalue weighted by atomic mass is 9.87. The number of ether oxygens (including phenoxy) is 1. The van der Waals surface area contributed by atoms with Gasteiger partial charge in [0.2, 0.25) is 0 Å². The van der Waals surface area contributed by atoms with Crippen LogP contribution >= 0.6 is 7.60 Å². The van der Waals surface area contributed by atoms with Crippen LogP contribution in [0.4, 0.5) is 0 Å². The zero-order valence-corrected chi connectivity index (χ0v) is 15.0. The molecule has 0 heterocycles. The summed E-state index contributed by atoms with van der Waals surface area (Å²) in [6.07, 6.45) is 0.779. The summed E-state index contributed by atoms with van der Waals surface area (Å²) >= 11 is 0. The van der Waals surface area contributed by atoms with E-state index < -0.39 is 7.60 Å². The maximum Gasteiger partial charge on any atom is 0.325 e. The molecule has 0 aliphatic rings. The molecule has 0 unspecified atom stereocenters. The first-order chi connectivity index (χ1) is 10.5. The van der Waals surface area contributed by atoms with Gasteiger partial charge in [-0.1, -0.05) is 20.8 Å². The zero-order valence-electron chi connectivity index (χ0n) is 14.1. The highest BCUT2D eigenvalue weighted by Gasteiger charge is 2.17. The van der Waals surface area contributed by atoms with Crippen LogP contribution in [0.5, 0.6) is 5.75 Å². The first-order valence-corrected chi connectivity index (χ1v) is 9.31. The van der Waals surface area contributed by atoms with Crippen molar-refractivity contribution >= 4 is 13.5 Å². The summed E-state index contributed by atoms with van der Waals surface area (Å²) < 4.78 is 16.1. The number of hydrogen-bond donors (Lipinski definition) is 3. The number of methoxy groups -OCH3 is 1. The van der Waals surface area contributed by atoms with Gasteiger partial charge >= 0.3 is 7.60 Å². The summed E-state index contributed by atoms with van der Waals surface area (Å²) in [7, 11) is -2.41. The van der Waals surface area contributed by atoms with Crippen LogP contribution in [0.3, 0.4) is 0 Å². The van der Waals surface area contributed by atoms with Gasteiger partial charge in [0.1, 0.15) is 5.75 Å². The molecular formula is C16H26NO5P. The highest BCUT2D eigenvalue weighted by atomic mass is 31.2. The third-order valence-electron chi connectivity index (χ3n) is 3.18. The molecule has 0 aromatic heterocycles. The Kier molecular flexibility index (Phi) is 6.81. The molecule has 0 aliphatic heterocycles. The highest BCUT2D eigenvalue weighted by Crippen LogP contribution is 2.34. The Balaban J connectivity index is 2.74. The molecule has 0 saturated heterocycles. The lowest BCUT2D eigenvalue weighted by Gasteiger charge is -2.20. The van der Waals surface area contributed by atoms with E-state index in [9.17, 15) is 9.36 Å². The summed E-state index contributed by atoms with van der Waals surface area (Å²) in [5, 5.41) is 2.68. The van der Waals surface area contributed by atoms with Gasteiger partial charge in [0, 0.05) is 12.1 Å². The summed E-state index contributed by atoms with van der Waals surface area (Å²) in [5.74, 6) is 0.492. The normalized spacial score (nSPS) is 12.1. The number of amides is 1. The van der Waals surface area contributed by atoms with Crippen LogP contribution < -0.4 is 10.1 Å². The van der Waals surface area contributed by atoms with E-state index in [-0.39, 0.29) is 30.4 Å². The molecule has 0 radical (unpaired) electrons. The standard InChI is InChI=1S/C16H26NO5P/c1-16(2,3)11-13-10-12(6-7-14(13)22-4)15(18)17-8-5-9-23(19,20)21/h6-7,10H,5,8-9,11H2,1-4H3,(H,17,18)(H2,19,20,21). The van der Waals surface area contributed by atoms with E-state index >= 15 is 0 Å². The lowest BCUT2D eigenvalue weighted by Crippen LogP contribution is -2.25. The molecule has 0 aliphatic carbocycles. The van der Waals surface area contributed by atoms with Crippen molar-refractivity contribution in [1.82, 2.24) is 5.32 Å². The van der Waals surface area contributed by atoms with Crippen LogP contribution in [-0.2, 0) is 11.0 Å². The van der Waals surface area contributed by atoms with E-state index in [1.54, 1.807) is 19.2 Å². The molecule has 0 bridgehead atoms. The molecule has 130 valence electrons. The number of carbonyl (C=O) groups excluding carboxylic acids is 1. The molecule has 3 N–H and O–H groups in total. The third kappa shape index (κ3) is 7.64. The molecule has 1 rings (SSSR count). The van der Waals surface area contributed by atoms with Crippen LogP contribution in [0, 0.1) is 5.41 Å². The average Bonchev–Trinajstić information content (AvgIpc) is 2.40. The van der Waals surface area contributed by atoms with E-state index in [1.807, 2.05) is 6.07 Å². The van der Waals surface area contributed by atoms with Gasteiger partial charge in [-0.15, -0.1) is 0 Å². The summed E-state index contributed by atoms with van der Waals surface area (Å²) in [6, 6.07) is 5.26. The SMILES string of the molecule is COc1ccc(C(=O)NCCCP(=O)(O)O)cc1CC(C)(C)C. The summed E-state index contributed by atoms with van der Waals surface area (Å²) in [5.41, 5.74) is 1.54. The van der Waals surface area contributed by atoms with Crippen molar-refractivity contribution in [2.45, 2.75) is 33.6 Å². The first-order valence-electron chi connectivity index (χ1n) is 7.51. The van der Waals surface area contributed by atoms with Gasteiger partial charge in [0.05, 0.1) is 13.3 Å². The number of nitrogens with one attached hydrogen (secondary N) is 1. The predicted octanol–water partition coefficient (Wildman–Crippen LogP) is 2.58. The first kappa shape index (κ1) is 19.7. The van der Waals surface area contributed by atoms with Crippen LogP contribution in [0.15, 0.2) is 18.2 Å². The fraction of sp³-hybridized carbons (Fsp3) is 0.562. The second kappa shape index (κ2) is 7.95. The van der Waals surface area contributed by atoms with Crippen molar-refractivity contribution in [2.24, 2.45) is 5.41 Å². The Morgan fingerprint density at radius 3 is 2.48 bits per heavy atom. The van der Waals surface area contributed by atoms with E-state index in [2.05, 4.69) is 26.1 Å². The number of hydrogen-bond acceptors (Lipinski definition) is 3. The van der Waals surface area contributed by atoms with Gasteiger partial charge in [0.15, 0.2) is 0 Å². The Bertz CT molecular complexity index is 589. The number of carbonyl (C=O) groups is 1. The summed E-state index contributed by atoms with van der Waals surface area (Å²) in [6.45, 7) is 6.56. The minimum absolute atomic E-state index is 0.0613. The fourth-order valence-corrected chi connectivity index (χ4v) is 2.79. The molecule has 0 atom stereocenters. The second-order valence-corrected chi connectivity index (χ2v) is 8.54. The van der Waals surface area contributed by atoms with Gasteiger partial charge in [-0.05, 0) is 42.0 Å². The van der Waals surface area contributed by atoms with Crippen LogP contribution in [-0.4, -0.2) is 35.5 Å². The minimum atomic E-state index is -4.01. The molecule has 23 heavy (non-hydrogen) atoms. The van der Waals surface area contributed by atoms with Crippen molar-refractivity contribution in [1.29, 1.82) is 0 Å². The van der Waals surface area contributed by atoms with Crippen molar-refractivity contribution in [3.8, 4) is 5.75 Å². The van der Waals surface area contributed by atoms with Gasteiger partial charge < -0.3 is 19.8 Å². The molecule has 0 fully saturated rings. The smallest absolute Gasteiger partial charge is 0.325 e. The minimum Gasteiger partial charge on any atom is -0.496 e. The van der Waals surface area contributed by atoms with E-state index in [0.29, 0.717) is 5.56 Å². The van der Waals surface area contributed by atoms with E-state index in [0.717, 1.165) is 17.7 Å². The van der Waals surface area contributed by atoms with Gasteiger partial charge in [-0.3, -0.25) is 9.36 Å². The van der Waals surface area contributed by atoms with Crippen molar-refractivity contribution in [2.75, 3.05) is 19.8 Å². The highest BCUT2D eigenvalue weighted by molar-refractivity contribution is 7.51. The molecule has 6 nitrogen and oxygen atoms in total. The fourth-order valence-electron chi connectivity index (χ4n) is 2.22. The van der Waals surface area contributed by atoms with Crippen LogP contribution in [0.25, 0.3) is 0 Å². The topological polar surface area (TPSA) is 95.9 Å². The van der Waals surface area contributed by atoms with Gasteiger partial charge in [-0.2, -0.15) is 0 Å².